The third-order valence-corrected chi connectivity index (χ3v) is 3.21. The third-order valence-electron chi connectivity index (χ3n) is 3.21. The van der Waals surface area contributed by atoms with Crippen LogP contribution in [0.2, 0.25) is 0 Å². The van der Waals surface area contributed by atoms with E-state index in [2.05, 4.69) is 17.9 Å². The second-order valence-electron chi connectivity index (χ2n) is 4.37. The minimum atomic E-state index is -0.587. The number of nitriles is 1. The first-order valence-corrected chi connectivity index (χ1v) is 5.66. The minimum Gasteiger partial charge on any atom is -0.336 e. The molecule has 4 heteroatoms. The number of fused-ring (bicyclic) bond motifs is 1. The smallest absolute Gasteiger partial charge is 0.231 e. The summed E-state index contributed by atoms with van der Waals surface area (Å²) in [6.45, 7) is 6.64. The molecular formula is C11H18N2O2. The summed E-state index contributed by atoms with van der Waals surface area (Å²) in [4.78, 5) is 2.22. The quantitative estimate of drug-likeness (QED) is 0.705. The average molecular weight is 210 g/mol. The van der Waals surface area contributed by atoms with Gasteiger partial charge in [0, 0.05) is 19.5 Å². The Labute approximate surface area is 90.8 Å². The molecule has 2 saturated heterocycles. The van der Waals surface area contributed by atoms with E-state index < -0.39 is 5.91 Å². The lowest BCUT2D eigenvalue weighted by Crippen LogP contribution is -2.42. The van der Waals surface area contributed by atoms with E-state index in [1.165, 1.54) is 0 Å². The van der Waals surface area contributed by atoms with Gasteiger partial charge in [-0.2, -0.15) is 5.26 Å². The summed E-state index contributed by atoms with van der Waals surface area (Å²) in [5.74, 6) is -0.563. The lowest BCUT2D eigenvalue weighted by Gasteiger charge is -2.30. The van der Waals surface area contributed by atoms with Gasteiger partial charge in [0.2, 0.25) is 5.91 Å². The van der Waals surface area contributed by atoms with E-state index >= 15 is 0 Å². The molecule has 2 rings (SSSR count). The van der Waals surface area contributed by atoms with Crippen molar-refractivity contribution < 1.29 is 9.47 Å². The fourth-order valence-corrected chi connectivity index (χ4v) is 2.41. The molecule has 0 amide bonds. The molecule has 0 aromatic carbocycles. The maximum Gasteiger partial charge on any atom is 0.231 e. The van der Waals surface area contributed by atoms with E-state index in [-0.39, 0.29) is 12.0 Å². The van der Waals surface area contributed by atoms with E-state index in [0.717, 1.165) is 19.5 Å². The minimum absolute atomic E-state index is 0.0240. The SMILES string of the molecule is CCC(C#N)CC12OCCN1CC(C)O2. The van der Waals surface area contributed by atoms with Crippen LogP contribution in [0.15, 0.2) is 0 Å². The van der Waals surface area contributed by atoms with E-state index in [9.17, 15) is 0 Å². The first-order chi connectivity index (χ1) is 7.20. The van der Waals surface area contributed by atoms with Crippen molar-refractivity contribution >= 4 is 0 Å². The molecule has 0 bridgehead atoms. The van der Waals surface area contributed by atoms with Crippen LogP contribution in [0.4, 0.5) is 0 Å². The second kappa shape index (κ2) is 4.09. The summed E-state index contributed by atoms with van der Waals surface area (Å²) in [6.07, 6.45) is 1.74. The standard InChI is InChI=1S/C11H18N2O2/c1-3-10(7-12)6-11-13(4-5-14-11)8-9(2)15-11/h9-10H,3-6,8H2,1-2H3. The van der Waals surface area contributed by atoms with E-state index in [1.54, 1.807) is 0 Å². The van der Waals surface area contributed by atoms with Crippen LogP contribution in [0.5, 0.6) is 0 Å². The van der Waals surface area contributed by atoms with E-state index in [0.29, 0.717) is 13.0 Å². The van der Waals surface area contributed by atoms with Crippen molar-refractivity contribution in [1.29, 1.82) is 5.26 Å². The maximum absolute atomic E-state index is 8.99. The molecule has 4 nitrogen and oxygen atoms in total. The van der Waals surface area contributed by atoms with E-state index in [4.69, 9.17) is 14.7 Å². The van der Waals surface area contributed by atoms with Crippen molar-refractivity contribution in [3.63, 3.8) is 0 Å². The Kier molecular flexibility index (Phi) is 2.96. The molecule has 3 unspecified atom stereocenters. The summed E-state index contributed by atoms with van der Waals surface area (Å²) in [5.41, 5.74) is 0. The van der Waals surface area contributed by atoms with Crippen molar-refractivity contribution in [2.75, 3.05) is 19.7 Å². The molecule has 2 heterocycles. The van der Waals surface area contributed by atoms with Gasteiger partial charge < -0.3 is 9.47 Å². The molecule has 3 atom stereocenters. The van der Waals surface area contributed by atoms with Gasteiger partial charge in [-0.15, -0.1) is 0 Å². The Balaban J connectivity index is 2.08. The predicted molar refractivity (Wildman–Crippen MR) is 54.8 cm³/mol. The van der Waals surface area contributed by atoms with Gasteiger partial charge in [0.15, 0.2) is 0 Å². The Morgan fingerprint density at radius 1 is 1.67 bits per heavy atom. The zero-order chi connectivity index (χ0) is 10.9. The molecule has 2 aliphatic rings. The first-order valence-electron chi connectivity index (χ1n) is 5.66. The summed E-state index contributed by atoms with van der Waals surface area (Å²) in [7, 11) is 0. The maximum atomic E-state index is 8.99. The zero-order valence-electron chi connectivity index (χ0n) is 9.40. The molecule has 0 saturated carbocycles. The highest BCUT2D eigenvalue weighted by Gasteiger charge is 2.51. The fourth-order valence-electron chi connectivity index (χ4n) is 2.41. The lowest BCUT2D eigenvalue weighted by atomic mass is 10.0. The van der Waals surface area contributed by atoms with Gasteiger partial charge in [-0.3, -0.25) is 0 Å². The predicted octanol–water partition coefficient (Wildman–Crippen LogP) is 1.33. The highest BCUT2D eigenvalue weighted by atomic mass is 16.7. The van der Waals surface area contributed by atoms with Crippen molar-refractivity contribution in [2.24, 2.45) is 5.92 Å². The molecule has 0 aromatic rings. The van der Waals surface area contributed by atoms with Crippen molar-refractivity contribution in [3.05, 3.63) is 0 Å². The molecule has 0 N–H and O–H groups in total. The zero-order valence-corrected chi connectivity index (χ0v) is 9.40. The Morgan fingerprint density at radius 3 is 3.13 bits per heavy atom. The average Bonchev–Trinajstić information content (AvgIpc) is 2.70. The van der Waals surface area contributed by atoms with Crippen LogP contribution < -0.4 is 0 Å². The van der Waals surface area contributed by atoms with Crippen LogP contribution >= 0.6 is 0 Å². The van der Waals surface area contributed by atoms with Gasteiger partial charge in [-0.05, 0) is 13.3 Å². The molecule has 0 aromatic heterocycles. The Bertz CT molecular complexity index is 276. The van der Waals surface area contributed by atoms with Gasteiger partial charge in [0.1, 0.15) is 0 Å². The normalized spacial score (nSPS) is 37.5. The summed E-state index contributed by atoms with van der Waals surface area (Å²) in [5, 5.41) is 8.99. The molecule has 0 radical (unpaired) electrons. The van der Waals surface area contributed by atoms with Crippen molar-refractivity contribution in [2.45, 2.75) is 38.7 Å². The van der Waals surface area contributed by atoms with Crippen LogP contribution in [0.1, 0.15) is 26.7 Å². The largest absolute Gasteiger partial charge is 0.336 e. The van der Waals surface area contributed by atoms with Gasteiger partial charge >= 0.3 is 0 Å². The van der Waals surface area contributed by atoms with Crippen molar-refractivity contribution in [3.8, 4) is 6.07 Å². The molecule has 15 heavy (non-hydrogen) atoms. The molecule has 2 aliphatic heterocycles. The highest BCUT2D eigenvalue weighted by Crippen LogP contribution is 2.38. The summed E-state index contributed by atoms with van der Waals surface area (Å²) < 4.78 is 11.6. The third kappa shape index (κ3) is 1.87. The number of hydrogen-bond acceptors (Lipinski definition) is 4. The Morgan fingerprint density at radius 2 is 2.47 bits per heavy atom. The van der Waals surface area contributed by atoms with Crippen molar-refractivity contribution in [1.82, 2.24) is 4.90 Å². The lowest BCUT2D eigenvalue weighted by molar-refractivity contribution is -0.250. The van der Waals surface area contributed by atoms with Gasteiger partial charge in [0.25, 0.3) is 0 Å². The fraction of sp³-hybridized carbons (Fsp3) is 0.909. The first kappa shape index (κ1) is 10.9. The monoisotopic (exact) mass is 210 g/mol. The van der Waals surface area contributed by atoms with Crippen LogP contribution in [0.25, 0.3) is 0 Å². The number of hydrogen-bond donors (Lipinski definition) is 0. The summed E-state index contributed by atoms with van der Waals surface area (Å²) in [6, 6.07) is 2.31. The van der Waals surface area contributed by atoms with Crippen LogP contribution in [-0.2, 0) is 9.47 Å². The molecular weight excluding hydrogens is 192 g/mol. The van der Waals surface area contributed by atoms with Crippen LogP contribution in [0.3, 0.4) is 0 Å². The molecule has 2 fully saturated rings. The van der Waals surface area contributed by atoms with Crippen LogP contribution in [-0.4, -0.2) is 36.6 Å². The second-order valence-corrected chi connectivity index (χ2v) is 4.37. The molecule has 0 spiro atoms. The van der Waals surface area contributed by atoms with Gasteiger partial charge in [-0.25, -0.2) is 4.90 Å². The number of rotatable bonds is 3. The Hall–Kier alpha value is -0.630. The highest BCUT2D eigenvalue weighted by molar-refractivity contribution is 4.93. The van der Waals surface area contributed by atoms with Crippen LogP contribution in [0, 0.1) is 17.2 Å². The number of nitrogens with zero attached hydrogens (tertiary/aromatic N) is 2. The molecule has 0 aliphatic carbocycles. The van der Waals surface area contributed by atoms with Gasteiger partial charge in [0.05, 0.1) is 24.7 Å². The summed E-state index contributed by atoms with van der Waals surface area (Å²) >= 11 is 0. The topological polar surface area (TPSA) is 45.5 Å². The van der Waals surface area contributed by atoms with Gasteiger partial charge in [-0.1, -0.05) is 6.92 Å². The van der Waals surface area contributed by atoms with E-state index in [1.807, 2.05) is 6.92 Å². The molecule has 84 valence electrons. The number of ether oxygens (including phenoxy) is 2.